The highest BCUT2D eigenvalue weighted by Crippen LogP contribution is 2.72. The van der Waals surface area contributed by atoms with Crippen molar-refractivity contribution in [2.75, 3.05) is 17.7 Å². The second-order valence-electron chi connectivity index (χ2n) is 13.5. The van der Waals surface area contributed by atoms with E-state index in [4.69, 9.17) is 15.2 Å². The predicted molar refractivity (Wildman–Crippen MR) is 160 cm³/mol. The number of pyridine rings is 1. The Labute approximate surface area is 255 Å². The summed E-state index contributed by atoms with van der Waals surface area (Å²) in [7, 11) is 0. The number of Topliss-reactive ketones (excluding diaryl/α,β-unsaturated/α-hetero) is 1. The van der Waals surface area contributed by atoms with Crippen LogP contribution in [0.1, 0.15) is 56.9 Å². The van der Waals surface area contributed by atoms with Gasteiger partial charge in [-0.1, -0.05) is 30.7 Å². The van der Waals surface area contributed by atoms with Crippen LogP contribution in [0.5, 0.6) is 0 Å². The van der Waals surface area contributed by atoms with Crippen molar-refractivity contribution in [3.63, 3.8) is 0 Å². The van der Waals surface area contributed by atoms with Crippen molar-refractivity contribution in [3.8, 4) is 0 Å². The van der Waals surface area contributed by atoms with Gasteiger partial charge in [-0.15, -0.1) is 0 Å². The van der Waals surface area contributed by atoms with Crippen molar-refractivity contribution in [1.82, 2.24) is 4.98 Å². The average molecular weight is 604 g/mol. The lowest BCUT2D eigenvalue weighted by Crippen LogP contribution is -2.69. The van der Waals surface area contributed by atoms with E-state index in [-0.39, 0.29) is 18.1 Å². The Morgan fingerprint density at radius 2 is 1.95 bits per heavy atom. The number of ether oxygens (including phenoxy) is 2. The Morgan fingerprint density at radius 1 is 1.18 bits per heavy atom. The fourth-order valence-corrected chi connectivity index (χ4v) is 9.20. The molecule has 3 saturated carbocycles. The van der Waals surface area contributed by atoms with E-state index in [9.17, 15) is 19.8 Å². The molecule has 4 aliphatic carbocycles. The number of hydrogen-bond acceptors (Lipinski definition) is 9. The molecule has 2 aromatic rings. The molecule has 1 aliphatic heterocycles. The molecule has 9 nitrogen and oxygen atoms in total. The Bertz CT molecular complexity index is 1560. The lowest BCUT2D eigenvalue weighted by atomic mass is 9.44. The number of ketones is 2. The standard InChI is InChI=1S/C34H38FN3O6/c1-31-12-11-23(40)13-21(31)6-9-24-25-14-28-34(27(42)18-39,32(25,2)15-26(41)33(24,31)35)44-30(43-28)20-5-10-29(38-17-20)37-16-19-3-7-22(36)8-4-19/h3-5,7-8,10-13,17,24-26,28,30,39,41H,6,9,14-16,18,36H2,1-2H3,(H,37,38)/t24-,25-,26-,28+,30+,31-,32-,33-,34+/m0/s1. The largest absolute Gasteiger partial charge is 0.399 e. The summed E-state index contributed by atoms with van der Waals surface area (Å²) in [6.07, 6.45) is 4.25. The number of nitrogens with two attached hydrogens (primary N) is 1. The van der Waals surface area contributed by atoms with Gasteiger partial charge in [0.1, 0.15) is 12.4 Å². The summed E-state index contributed by atoms with van der Waals surface area (Å²) in [5, 5.41) is 25.1. The van der Waals surface area contributed by atoms with Crippen LogP contribution in [-0.2, 0) is 25.6 Å². The topological polar surface area (TPSA) is 144 Å². The van der Waals surface area contributed by atoms with Crippen molar-refractivity contribution in [2.45, 2.75) is 75.8 Å². The Kier molecular flexibility index (Phi) is 6.68. The first-order valence-electron chi connectivity index (χ1n) is 15.3. The van der Waals surface area contributed by atoms with Crippen LogP contribution < -0.4 is 11.1 Å². The molecule has 9 atom stereocenters. The van der Waals surface area contributed by atoms with Gasteiger partial charge in [0.15, 0.2) is 29.1 Å². The smallest absolute Gasteiger partial charge is 0.193 e. The zero-order valence-corrected chi connectivity index (χ0v) is 24.8. The van der Waals surface area contributed by atoms with Crippen LogP contribution >= 0.6 is 0 Å². The highest BCUT2D eigenvalue weighted by molar-refractivity contribution is 6.01. The first-order valence-corrected chi connectivity index (χ1v) is 15.3. The third-order valence-corrected chi connectivity index (χ3v) is 11.5. The Hall–Kier alpha value is -3.44. The number of nitrogens with zero attached hydrogens (tertiary/aromatic N) is 1. The van der Waals surface area contributed by atoms with Crippen LogP contribution in [0.25, 0.3) is 0 Å². The average Bonchev–Trinajstić information content (AvgIpc) is 3.51. The van der Waals surface area contributed by atoms with E-state index in [2.05, 4.69) is 10.3 Å². The van der Waals surface area contributed by atoms with E-state index < -0.39 is 58.9 Å². The summed E-state index contributed by atoms with van der Waals surface area (Å²) in [5.41, 5.74) is 3.04. The van der Waals surface area contributed by atoms with E-state index in [0.717, 1.165) is 5.56 Å². The molecular formula is C34H38FN3O6. The third kappa shape index (κ3) is 3.87. The molecular weight excluding hydrogens is 565 g/mol. The first kappa shape index (κ1) is 29.3. The summed E-state index contributed by atoms with van der Waals surface area (Å²) in [6, 6.07) is 11.2. The lowest BCUT2D eigenvalue weighted by Gasteiger charge is -2.62. The van der Waals surface area contributed by atoms with E-state index in [1.54, 1.807) is 25.3 Å². The molecule has 7 rings (SSSR count). The summed E-state index contributed by atoms with van der Waals surface area (Å²) < 4.78 is 30.5. The van der Waals surface area contributed by atoms with E-state index in [1.165, 1.54) is 12.2 Å². The summed E-state index contributed by atoms with van der Waals surface area (Å²) in [5.74, 6) is -1.03. The van der Waals surface area contributed by atoms with Crippen LogP contribution in [0.15, 0.2) is 66.4 Å². The van der Waals surface area contributed by atoms with Gasteiger partial charge in [-0.2, -0.15) is 0 Å². The van der Waals surface area contributed by atoms with Gasteiger partial charge in [-0.05, 0) is 80.5 Å². The molecule has 5 N–H and O–H groups in total. The molecule has 0 amide bonds. The minimum Gasteiger partial charge on any atom is -0.399 e. The van der Waals surface area contributed by atoms with E-state index >= 15 is 4.39 Å². The Balaban J connectivity index is 1.16. The highest BCUT2D eigenvalue weighted by Gasteiger charge is 2.79. The molecule has 4 fully saturated rings. The van der Waals surface area contributed by atoms with Crippen molar-refractivity contribution in [1.29, 1.82) is 0 Å². The van der Waals surface area contributed by atoms with Gasteiger partial charge < -0.3 is 30.7 Å². The third-order valence-electron chi connectivity index (χ3n) is 11.5. The van der Waals surface area contributed by atoms with Gasteiger partial charge in [0.05, 0.1) is 12.2 Å². The van der Waals surface area contributed by atoms with Gasteiger partial charge in [0.2, 0.25) is 0 Å². The number of anilines is 2. The van der Waals surface area contributed by atoms with Gasteiger partial charge in [0.25, 0.3) is 0 Å². The molecule has 10 heteroatoms. The minimum atomic E-state index is -2.04. The van der Waals surface area contributed by atoms with Crippen LogP contribution in [0, 0.1) is 22.7 Å². The molecule has 1 aromatic heterocycles. The number of aliphatic hydroxyl groups excluding tert-OH is 2. The number of nitrogen functional groups attached to an aromatic ring is 1. The molecule has 0 bridgehead atoms. The fraction of sp³-hybridized carbons (Fsp3) is 0.500. The van der Waals surface area contributed by atoms with Crippen molar-refractivity contribution in [3.05, 3.63) is 77.5 Å². The molecule has 0 radical (unpaired) electrons. The monoisotopic (exact) mass is 603 g/mol. The molecule has 5 aliphatic rings. The zero-order chi connectivity index (χ0) is 31.1. The van der Waals surface area contributed by atoms with E-state index in [1.807, 2.05) is 37.3 Å². The number of allylic oxidation sites excluding steroid dienone is 4. The molecule has 44 heavy (non-hydrogen) atoms. The van der Waals surface area contributed by atoms with Crippen molar-refractivity contribution >= 4 is 23.1 Å². The number of fused-ring (bicyclic) bond motifs is 7. The number of aliphatic hydroxyl groups is 2. The number of carbonyl (C=O) groups is 2. The molecule has 2 heterocycles. The number of carbonyl (C=O) groups excluding carboxylic acids is 2. The number of nitrogens with one attached hydrogen (secondary N) is 1. The molecule has 232 valence electrons. The van der Waals surface area contributed by atoms with Crippen LogP contribution in [0.2, 0.25) is 0 Å². The van der Waals surface area contributed by atoms with Crippen LogP contribution in [0.3, 0.4) is 0 Å². The maximum Gasteiger partial charge on any atom is 0.193 e. The van der Waals surface area contributed by atoms with Crippen LogP contribution in [-0.4, -0.2) is 56.8 Å². The van der Waals surface area contributed by atoms with Crippen molar-refractivity contribution < 1.29 is 33.7 Å². The van der Waals surface area contributed by atoms with Crippen LogP contribution in [0.4, 0.5) is 15.9 Å². The summed E-state index contributed by atoms with van der Waals surface area (Å²) in [4.78, 5) is 30.3. The number of benzene rings is 1. The number of rotatable bonds is 6. The maximum atomic E-state index is 17.5. The normalized spacial score (nSPS) is 40.4. The van der Waals surface area contributed by atoms with Crippen molar-refractivity contribution in [2.24, 2.45) is 22.7 Å². The second kappa shape index (κ2) is 10.0. The van der Waals surface area contributed by atoms with Gasteiger partial charge in [-0.3, -0.25) is 9.59 Å². The SMILES string of the molecule is C[C@]12C=CC(=O)C=C1CC[C@H]1[C@@H]3C[C@H]4O[C@@H](c5ccc(NCc6ccc(N)cc6)nc5)O[C@@]4(C(=O)CO)[C@@]3(C)C[C@H](O)[C@@]12F. The molecule has 1 aromatic carbocycles. The van der Waals surface area contributed by atoms with E-state index in [0.29, 0.717) is 48.4 Å². The Morgan fingerprint density at radius 3 is 2.66 bits per heavy atom. The zero-order valence-electron chi connectivity index (χ0n) is 24.8. The lowest BCUT2D eigenvalue weighted by molar-refractivity contribution is -0.231. The summed E-state index contributed by atoms with van der Waals surface area (Å²) in [6.45, 7) is 3.42. The molecule has 1 saturated heterocycles. The van der Waals surface area contributed by atoms with Gasteiger partial charge >= 0.3 is 0 Å². The summed E-state index contributed by atoms with van der Waals surface area (Å²) >= 11 is 0. The number of hydrogen-bond donors (Lipinski definition) is 4. The first-order chi connectivity index (χ1) is 21.0. The quantitative estimate of drug-likeness (QED) is 0.361. The minimum absolute atomic E-state index is 0.0557. The molecule has 0 spiro atoms. The fourth-order valence-electron chi connectivity index (χ4n) is 9.20. The number of halogens is 1. The van der Waals surface area contributed by atoms with Gasteiger partial charge in [-0.25, -0.2) is 9.37 Å². The maximum absolute atomic E-state index is 17.5. The second-order valence-corrected chi connectivity index (χ2v) is 13.5. The van der Waals surface area contributed by atoms with Gasteiger partial charge in [0, 0.05) is 40.7 Å². The predicted octanol–water partition coefficient (Wildman–Crippen LogP) is 3.97. The highest BCUT2D eigenvalue weighted by atomic mass is 19.1. The molecule has 0 unspecified atom stereocenters. The number of aromatic nitrogens is 1. The number of alkyl halides is 1.